The second-order valence-electron chi connectivity index (χ2n) is 3.98. The van der Waals surface area contributed by atoms with Crippen LogP contribution in [0.4, 0.5) is 5.82 Å². The van der Waals surface area contributed by atoms with Gasteiger partial charge in [0.05, 0.1) is 5.57 Å². The fourth-order valence-corrected chi connectivity index (χ4v) is 1.59. The minimum Gasteiger partial charge on any atom is -0.404 e. The van der Waals surface area contributed by atoms with Crippen molar-refractivity contribution in [2.45, 2.75) is 18.9 Å². The Labute approximate surface area is 110 Å². The van der Waals surface area contributed by atoms with Gasteiger partial charge in [-0.1, -0.05) is 11.6 Å². The van der Waals surface area contributed by atoms with Crippen LogP contribution in [0, 0.1) is 0 Å². The fourth-order valence-electron chi connectivity index (χ4n) is 1.41. The highest BCUT2D eigenvalue weighted by atomic mass is 35.5. The molecule has 0 saturated heterocycles. The molecule has 1 aliphatic carbocycles. The maximum Gasteiger partial charge on any atom is 0.256 e. The number of carbonyl (C=O) groups excluding carboxylic acids is 1. The molecule has 0 aromatic carbocycles. The monoisotopic (exact) mass is 267 g/mol. The zero-order valence-electron chi connectivity index (χ0n) is 9.90. The molecular formula is C11H14ClN5O. The van der Waals surface area contributed by atoms with Crippen LogP contribution in [-0.4, -0.2) is 29.0 Å². The van der Waals surface area contributed by atoms with E-state index in [-0.39, 0.29) is 28.5 Å². The topological polar surface area (TPSA) is 92.9 Å². The second kappa shape index (κ2) is 5.22. The number of nitrogens with one attached hydrogen (secondary N) is 2. The number of rotatable bonds is 4. The maximum absolute atomic E-state index is 11.9. The lowest BCUT2D eigenvalue weighted by atomic mass is 10.2. The lowest BCUT2D eigenvalue weighted by Crippen LogP contribution is -2.27. The first-order chi connectivity index (χ1) is 8.63. The van der Waals surface area contributed by atoms with Crippen LogP contribution >= 0.6 is 11.6 Å². The van der Waals surface area contributed by atoms with Gasteiger partial charge in [0.2, 0.25) is 0 Å². The van der Waals surface area contributed by atoms with Crippen LogP contribution in [0.5, 0.6) is 0 Å². The van der Waals surface area contributed by atoms with Gasteiger partial charge in [0.1, 0.15) is 11.0 Å². The Balaban J connectivity index is 2.26. The highest BCUT2D eigenvalue weighted by molar-refractivity contribution is 6.30. The van der Waals surface area contributed by atoms with Gasteiger partial charge in [-0.15, -0.1) is 0 Å². The quantitative estimate of drug-likeness (QED) is 0.553. The minimum atomic E-state index is -0.274. The van der Waals surface area contributed by atoms with E-state index in [4.69, 9.17) is 17.3 Å². The van der Waals surface area contributed by atoms with Gasteiger partial charge in [-0.05, 0) is 12.8 Å². The lowest BCUT2D eigenvalue weighted by Gasteiger charge is -2.08. The van der Waals surface area contributed by atoms with Gasteiger partial charge < -0.3 is 16.4 Å². The van der Waals surface area contributed by atoms with Gasteiger partial charge in [0.15, 0.2) is 5.82 Å². The van der Waals surface area contributed by atoms with Crippen LogP contribution in [0.1, 0.15) is 18.7 Å². The minimum absolute atomic E-state index is 0.215. The summed E-state index contributed by atoms with van der Waals surface area (Å²) in [5.74, 6) is 0.473. The number of hydrogen-bond donors (Lipinski definition) is 3. The van der Waals surface area contributed by atoms with E-state index in [1.54, 1.807) is 13.1 Å². The van der Waals surface area contributed by atoms with Gasteiger partial charge in [0.25, 0.3) is 5.91 Å². The molecule has 0 aliphatic heterocycles. The van der Waals surface area contributed by atoms with Crippen molar-refractivity contribution >= 4 is 28.9 Å². The molecule has 1 amide bonds. The van der Waals surface area contributed by atoms with Crippen molar-refractivity contribution in [2.75, 3.05) is 12.4 Å². The first-order valence-corrected chi connectivity index (χ1v) is 5.97. The Morgan fingerprint density at radius 1 is 1.56 bits per heavy atom. The Morgan fingerprint density at radius 2 is 2.28 bits per heavy atom. The number of amides is 1. The molecular weight excluding hydrogens is 254 g/mol. The number of hydrogen-bond acceptors (Lipinski definition) is 5. The molecule has 0 spiro atoms. The van der Waals surface area contributed by atoms with E-state index in [2.05, 4.69) is 20.6 Å². The molecule has 1 aromatic heterocycles. The van der Waals surface area contributed by atoms with Gasteiger partial charge >= 0.3 is 0 Å². The van der Waals surface area contributed by atoms with E-state index >= 15 is 0 Å². The third-order valence-corrected chi connectivity index (χ3v) is 2.71. The zero-order chi connectivity index (χ0) is 13.1. The Kier molecular flexibility index (Phi) is 3.66. The number of nitrogens with two attached hydrogens (primary N) is 1. The lowest BCUT2D eigenvalue weighted by molar-refractivity contribution is -0.115. The fraction of sp³-hybridized carbons (Fsp3) is 0.364. The normalized spacial score (nSPS) is 15.3. The molecule has 18 heavy (non-hydrogen) atoms. The van der Waals surface area contributed by atoms with E-state index in [1.807, 2.05) is 0 Å². The molecule has 1 saturated carbocycles. The number of halogens is 1. The standard InChI is InChI=1S/C11H14ClN5O/c1-14-9-4-8(12)16-10(17-9)7(5-13)11(18)15-6-2-3-6/h4-6H,2-3,13H2,1H3,(H,15,18)(H,14,16,17)/b7-5+. The summed E-state index contributed by atoms with van der Waals surface area (Å²) in [5.41, 5.74) is 5.70. The molecule has 96 valence electrons. The molecule has 0 bridgehead atoms. The zero-order valence-corrected chi connectivity index (χ0v) is 10.7. The summed E-state index contributed by atoms with van der Waals surface area (Å²) in [6, 6.07) is 1.81. The number of anilines is 1. The molecule has 1 aliphatic rings. The van der Waals surface area contributed by atoms with Crippen molar-refractivity contribution < 1.29 is 4.79 Å². The van der Waals surface area contributed by atoms with E-state index in [0.29, 0.717) is 5.82 Å². The summed E-state index contributed by atoms with van der Waals surface area (Å²) in [6.07, 6.45) is 3.20. The molecule has 0 radical (unpaired) electrons. The van der Waals surface area contributed by atoms with Crippen LogP contribution in [0.25, 0.3) is 5.57 Å². The van der Waals surface area contributed by atoms with E-state index in [9.17, 15) is 4.79 Å². The SMILES string of the molecule is CNc1cc(Cl)nc(/C(=C\N)C(=O)NC2CC2)n1. The average molecular weight is 268 g/mol. The molecule has 7 heteroatoms. The Bertz CT molecular complexity index is 498. The van der Waals surface area contributed by atoms with Gasteiger partial charge in [-0.25, -0.2) is 9.97 Å². The Hall–Kier alpha value is -1.82. The molecule has 1 aromatic rings. The van der Waals surface area contributed by atoms with Crippen LogP contribution in [0.3, 0.4) is 0 Å². The molecule has 1 heterocycles. The van der Waals surface area contributed by atoms with Gasteiger partial charge in [-0.3, -0.25) is 4.79 Å². The average Bonchev–Trinajstić information content (AvgIpc) is 3.13. The Morgan fingerprint density at radius 3 is 2.83 bits per heavy atom. The van der Waals surface area contributed by atoms with Gasteiger partial charge in [-0.2, -0.15) is 0 Å². The second-order valence-corrected chi connectivity index (χ2v) is 4.36. The molecule has 2 rings (SSSR count). The number of nitrogens with zero attached hydrogens (tertiary/aromatic N) is 2. The maximum atomic E-state index is 11.9. The van der Waals surface area contributed by atoms with Crippen molar-refractivity contribution in [3.05, 3.63) is 23.2 Å². The van der Waals surface area contributed by atoms with E-state index in [1.165, 1.54) is 6.20 Å². The van der Waals surface area contributed by atoms with Crippen molar-refractivity contribution in [3.8, 4) is 0 Å². The summed E-state index contributed by atoms with van der Waals surface area (Å²) >= 11 is 5.86. The predicted molar refractivity (Wildman–Crippen MR) is 69.9 cm³/mol. The first-order valence-electron chi connectivity index (χ1n) is 5.59. The highest BCUT2D eigenvalue weighted by Gasteiger charge is 2.26. The third kappa shape index (κ3) is 2.89. The van der Waals surface area contributed by atoms with Crippen LogP contribution in [-0.2, 0) is 4.79 Å². The number of carbonyl (C=O) groups is 1. The van der Waals surface area contributed by atoms with E-state index < -0.39 is 0 Å². The van der Waals surface area contributed by atoms with E-state index in [0.717, 1.165) is 12.8 Å². The molecule has 6 nitrogen and oxygen atoms in total. The highest BCUT2D eigenvalue weighted by Crippen LogP contribution is 2.21. The molecule has 0 unspecified atom stereocenters. The predicted octanol–water partition coefficient (Wildman–Crippen LogP) is 0.750. The largest absolute Gasteiger partial charge is 0.404 e. The number of aromatic nitrogens is 2. The summed E-state index contributed by atoms with van der Waals surface area (Å²) < 4.78 is 0. The molecule has 0 atom stereocenters. The van der Waals surface area contributed by atoms with Crippen LogP contribution in [0.2, 0.25) is 5.15 Å². The third-order valence-electron chi connectivity index (χ3n) is 2.52. The summed E-state index contributed by atoms with van der Waals surface area (Å²) in [5, 5.41) is 5.93. The summed E-state index contributed by atoms with van der Waals surface area (Å²) in [6.45, 7) is 0. The first kappa shape index (κ1) is 12.6. The smallest absolute Gasteiger partial charge is 0.256 e. The van der Waals surface area contributed by atoms with Crippen LogP contribution in [0.15, 0.2) is 12.3 Å². The molecule has 1 fully saturated rings. The summed E-state index contributed by atoms with van der Waals surface area (Å²) in [7, 11) is 1.71. The summed E-state index contributed by atoms with van der Waals surface area (Å²) in [4.78, 5) is 20.1. The van der Waals surface area contributed by atoms with Crippen molar-refractivity contribution in [3.63, 3.8) is 0 Å². The van der Waals surface area contributed by atoms with Gasteiger partial charge in [0, 0.05) is 25.4 Å². The molecule has 4 N–H and O–H groups in total. The van der Waals surface area contributed by atoms with Crippen LogP contribution < -0.4 is 16.4 Å². The van der Waals surface area contributed by atoms with Crippen molar-refractivity contribution in [2.24, 2.45) is 5.73 Å². The van der Waals surface area contributed by atoms with Crippen molar-refractivity contribution in [1.82, 2.24) is 15.3 Å². The van der Waals surface area contributed by atoms with Crippen molar-refractivity contribution in [1.29, 1.82) is 0 Å².